The van der Waals surface area contributed by atoms with Crippen molar-refractivity contribution in [1.82, 2.24) is 9.55 Å². The van der Waals surface area contributed by atoms with E-state index in [4.69, 9.17) is 5.11 Å². The predicted octanol–water partition coefficient (Wildman–Crippen LogP) is 1.26. The zero-order chi connectivity index (χ0) is 14.6. The smallest absolute Gasteiger partial charge is 0.348 e. The molecule has 0 aliphatic carbocycles. The molecule has 0 aliphatic rings. The van der Waals surface area contributed by atoms with Crippen molar-refractivity contribution >= 4 is 5.97 Å². The highest BCUT2D eigenvalue weighted by atomic mass is 19.3. The molecule has 0 atom stereocenters. The molecule has 0 aliphatic heterocycles. The van der Waals surface area contributed by atoms with E-state index in [1.807, 2.05) is 0 Å². The van der Waals surface area contributed by atoms with Crippen molar-refractivity contribution in [2.45, 2.75) is 46.1 Å². The zero-order valence-electron chi connectivity index (χ0n) is 10.8. The molecule has 1 heterocycles. The number of aryl methyl sites for hydroxylation is 1. The Kier molecular flexibility index (Phi) is 5.14. The predicted molar refractivity (Wildman–Crippen MR) is 64.6 cm³/mol. The minimum absolute atomic E-state index is 0.306. The van der Waals surface area contributed by atoms with Gasteiger partial charge in [0.15, 0.2) is 0 Å². The summed E-state index contributed by atoms with van der Waals surface area (Å²) in [4.78, 5) is 26.3. The van der Waals surface area contributed by atoms with Gasteiger partial charge in [0.2, 0.25) is 0 Å². The Bertz CT molecular complexity index is 526. The first kappa shape index (κ1) is 15.3. The van der Waals surface area contributed by atoms with E-state index in [1.54, 1.807) is 13.8 Å². The Hall–Kier alpha value is -1.79. The molecule has 1 aromatic rings. The van der Waals surface area contributed by atoms with Crippen LogP contribution in [-0.4, -0.2) is 27.1 Å². The van der Waals surface area contributed by atoms with Gasteiger partial charge in [0.25, 0.3) is 6.43 Å². The molecule has 0 amide bonds. The maximum absolute atomic E-state index is 12.5. The SMILES string of the molecule is CCc1nc(=O)n(CC(F)F)c(CC)c1CC(=O)O. The van der Waals surface area contributed by atoms with Crippen LogP contribution in [0.15, 0.2) is 4.79 Å². The van der Waals surface area contributed by atoms with E-state index < -0.39 is 24.6 Å². The lowest BCUT2D eigenvalue weighted by atomic mass is 10.0. The molecule has 1 rings (SSSR count). The highest BCUT2D eigenvalue weighted by molar-refractivity contribution is 5.71. The fourth-order valence-electron chi connectivity index (χ4n) is 2.07. The molecule has 0 fully saturated rings. The summed E-state index contributed by atoms with van der Waals surface area (Å²) in [6, 6.07) is 0. The molecule has 0 spiro atoms. The van der Waals surface area contributed by atoms with Crippen LogP contribution in [0.5, 0.6) is 0 Å². The van der Waals surface area contributed by atoms with Gasteiger partial charge >= 0.3 is 11.7 Å². The molecule has 0 saturated carbocycles. The number of carboxylic acids is 1. The number of aromatic nitrogens is 2. The summed E-state index contributed by atoms with van der Waals surface area (Å²) in [6.07, 6.45) is -2.31. The molecular formula is C12H16F2N2O3. The summed E-state index contributed by atoms with van der Waals surface area (Å²) in [5, 5.41) is 8.89. The molecule has 7 heteroatoms. The third-order valence-electron chi connectivity index (χ3n) is 2.80. The first-order valence-electron chi connectivity index (χ1n) is 6.02. The van der Waals surface area contributed by atoms with Gasteiger partial charge in [-0.1, -0.05) is 13.8 Å². The van der Waals surface area contributed by atoms with Gasteiger partial charge in [-0.3, -0.25) is 9.36 Å². The lowest BCUT2D eigenvalue weighted by Crippen LogP contribution is -2.32. The summed E-state index contributed by atoms with van der Waals surface area (Å²) in [5.41, 5.74) is 0.329. The highest BCUT2D eigenvalue weighted by Crippen LogP contribution is 2.15. The second-order valence-corrected chi connectivity index (χ2v) is 4.05. The number of rotatable bonds is 6. The lowest BCUT2D eigenvalue weighted by Gasteiger charge is -2.16. The Labute approximate surface area is 108 Å². The van der Waals surface area contributed by atoms with Crippen LogP contribution < -0.4 is 5.69 Å². The number of hydrogen-bond donors (Lipinski definition) is 1. The number of halogens is 2. The number of aliphatic carboxylic acids is 1. The van der Waals surface area contributed by atoms with Crippen molar-refractivity contribution in [3.05, 3.63) is 27.4 Å². The number of nitrogens with zero attached hydrogens (tertiary/aromatic N) is 2. The Morgan fingerprint density at radius 3 is 2.42 bits per heavy atom. The van der Waals surface area contributed by atoms with Crippen LogP contribution >= 0.6 is 0 Å². The Morgan fingerprint density at radius 2 is 2.00 bits per heavy atom. The van der Waals surface area contributed by atoms with E-state index in [0.717, 1.165) is 4.57 Å². The molecule has 1 N–H and O–H groups in total. The molecule has 0 bridgehead atoms. The summed E-state index contributed by atoms with van der Waals surface area (Å²) in [6.45, 7) is 2.68. The quantitative estimate of drug-likeness (QED) is 0.847. The topological polar surface area (TPSA) is 72.2 Å². The molecule has 0 aromatic carbocycles. The summed E-state index contributed by atoms with van der Waals surface area (Å²) in [5.74, 6) is -1.08. The summed E-state index contributed by atoms with van der Waals surface area (Å²) >= 11 is 0. The van der Waals surface area contributed by atoms with Crippen LogP contribution in [0, 0.1) is 0 Å². The largest absolute Gasteiger partial charge is 0.481 e. The van der Waals surface area contributed by atoms with Gasteiger partial charge in [-0.05, 0) is 12.8 Å². The van der Waals surface area contributed by atoms with E-state index in [9.17, 15) is 18.4 Å². The van der Waals surface area contributed by atoms with Gasteiger partial charge in [-0.2, -0.15) is 4.98 Å². The normalized spacial score (nSPS) is 11.0. The molecule has 106 valence electrons. The van der Waals surface area contributed by atoms with E-state index in [1.165, 1.54) is 0 Å². The maximum atomic E-state index is 12.5. The number of alkyl halides is 2. The number of hydrogen-bond acceptors (Lipinski definition) is 3. The van der Waals surface area contributed by atoms with Gasteiger partial charge in [0.05, 0.1) is 18.7 Å². The lowest BCUT2D eigenvalue weighted by molar-refractivity contribution is -0.136. The third kappa shape index (κ3) is 3.59. The average molecular weight is 274 g/mol. The zero-order valence-corrected chi connectivity index (χ0v) is 10.8. The van der Waals surface area contributed by atoms with Crippen molar-refractivity contribution < 1.29 is 18.7 Å². The molecule has 19 heavy (non-hydrogen) atoms. The van der Waals surface area contributed by atoms with E-state index in [0.29, 0.717) is 29.8 Å². The second kappa shape index (κ2) is 6.40. The van der Waals surface area contributed by atoms with Crippen molar-refractivity contribution in [1.29, 1.82) is 0 Å². The van der Waals surface area contributed by atoms with Crippen molar-refractivity contribution in [2.75, 3.05) is 0 Å². The number of carboxylic acid groups (broad SMARTS) is 1. The highest BCUT2D eigenvalue weighted by Gasteiger charge is 2.19. The fourth-order valence-corrected chi connectivity index (χ4v) is 2.07. The summed E-state index contributed by atoms with van der Waals surface area (Å²) < 4.78 is 25.9. The first-order valence-corrected chi connectivity index (χ1v) is 6.02. The second-order valence-electron chi connectivity index (χ2n) is 4.05. The minimum atomic E-state index is -2.69. The van der Waals surface area contributed by atoms with Crippen LogP contribution in [0.1, 0.15) is 30.8 Å². The van der Waals surface area contributed by atoms with E-state index in [-0.39, 0.29) is 6.42 Å². The maximum Gasteiger partial charge on any atom is 0.348 e. The molecule has 5 nitrogen and oxygen atoms in total. The van der Waals surface area contributed by atoms with Crippen LogP contribution in [0.25, 0.3) is 0 Å². The third-order valence-corrected chi connectivity index (χ3v) is 2.80. The number of carbonyl (C=O) groups is 1. The van der Waals surface area contributed by atoms with Gasteiger partial charge in [0.1, 0.15) is 0 Å². The monoisotopic (exact) mass is 274 g/mol. The minimum Gasteiger partial charge on any atom is -0.481 e. The summed E-state index contributed by atoms with van der Waals surface area (Å²) in [7, 11) is 0. The van der Waals surface area contributed by atoms with Gasteiger partial charge < -0.3 is 5.11 Å². The Balaban J connectivity index is 3.48. The van der Waals surface area contributed by atoms with E-state index in [2.05, 4.69) is 4.98 Å². The molecule has 0 radical (unpaired) electrons. The molecule has 0 saturated heterocycles. The van der Waals surface area contributed by atoms with Crippen molar-refractivity contribution in [3.8, 4) is 0 Å². The molecular weight excluding hydrogens is 258 g/mol. The van der Waals surface area contributed by atoms with Crippen LogP contribution in [0.2, 0.25) is 0 Å². The van der Waals surface area contributed by atoms with Gasteiger partial charge in [0, 0.05) is 11.3 Å². The van der Waals surface area contributed by atoms with Crippen molar-refractivity contribution in [3.63, 3.8) is 0 Å². The van der Waals surface area contributed by atoms with E-state index >= 15 is 0 Å². The standard InChI is InChI=1S/C12H16F2N2O3/c1-3-8-7(5-11(17)18)9(4-2)16(6-10(13)14)12(19)15-8/h10H,3-6H2,1-2H3,(H,17,18). The molecule has 0 unspecified atom stereocenters. The van der Waals surface area contributed by atoms with Crippen LogP contribution in [-0.2, 0) is 30.6 Å². The van der Waals surface area contributed by atoms with Gasteiger partial charge in [-0.15, -0.1) is 0 Å². The van der Waals surface area contributed by atoms with Crippen molar-refractivity contribution in [2.24, 2.45) is 0 Å². The van der Waals surface area contributed by atoms with Gasteiger partial charge in [-0.25, -0.2) is 13.6 Å². The average Bonchev–Trinajstić information content (AvgIpc) is 2.32. The Morgan fingerprint density at radius 1 is 1.37 bits per heavy atom. The molecule has 1 aromatic heterocycles. The van der Waals surface area contributed by atoms with Crippen LogP contribution in [0.4, 0.5) is 8.78 Å². The van der Waals surface area contributed by atoms with Crippen LogP contribution in [0.3, 0.4) is 0 Å². The fraction of sp³-hybridized carbons (Fsp3) is 0.583. The first-order chi connectivity index (χ1) is 8.90.